The maximum atomic E-state index is 12.2. The van der Waals surface area contributed by atoms with Gasteiger partial charge in [0.1, 0.15) is 0 Å². The first-order chi connectivity index (χ1) is 8.68. The van der Waals surface area contributed by atoms with Crippen LogP contribution in [0.4, 0.5) is 0 Å². The van der Waals surface area contributed by atoms with E-state index in [2.05, 4.69) is 17.6 Å². The summed E-state index contributed by atoms with van der Waals surface area (Å²) >= 11 is 0. The van der Waals surface area contributed by atoms with Crippen LogP contribution >= 0.6 is 0 Å². The van der Waals surface area contributed by atoms with Gasteiger partial charge in [-0.3, -0.25) is 4.79 Å². The minimum absolute atomic E-state index is 0.0371. The Balaban J connectivity index is 1.94. The molecule has 1 aromatic rings. The van der Waals surface area contributed by atoms with Crippen LogP contribution in [0.15, 0.2) is 30.3 Å². The Morgan fingerprint density at radius 3 is 2.78 bits per heavy atom. The van der Waals surface area contributed by atoms with Crippen molar-refractivity contribution in [3.05, 3.63) is 35.9 Å². The zero-order valence-electron chi connectivity index (χ0n) is 11.1. The van der Waals surface area contributed by atoms with Crippen LogP contribution in [0.25, 0.3) is 0 Å². The summed E-state index contributed by atoms with van der Waals surface area (Å²) in [7, 11) is 0. The second-order valence-electron chi connectivity index (χ2n) is 5.19. The minimum Gasteiger partial charge on any atom is -0.348 e. The van der Waals surface area contributed by atoms with Gasteiger partial charge >= 0.3 is 0 Å². The number of benzene rings is 1. The van der Waals surface area contributed by atoms with E-state index in [9.17, 15) is 4.79 Å². The third-order valence-corrected chi connectivity index (χ3v) is 3.71. The molecule has 1 fully saturated rings. The fraction of sp³-hybridized carbons (Fsp3) is 0.533. The summed E-state index contributed by atoms with van der Waals surface area (Å²) in [6, 6.07) is 10.1. The van der Waals surface area contributed by atoms with E-state index in [4.69, 9.17) is 0 Å². The molecule has 2 rings (SSSR count). The molecule has 18 heavy (non-hydrogen) atoms. The Morgan fingerprint density at radius 1 is 1.39 bits per heavy atom. The van der Waals surface area contributed by atoms with Crippen LogP contribution in [0.5, 0.6) is 0 Å². The minimum atomic E-state index is -0.0371. The zero-order valence-corrected chi connectivity index (χ0v) is 11.1. The van der Waals surface area contributed by atoms with Gasteiger partial charge in [0.05, 0.1) is 12.1 Å². The fourth-order valence-electron chi connectivity index (χ4n) is 2.53. The van der Waals surface area contributed by atoms with Crippen LogP contribution in [0.2, 0.25) is 0 Å². The average molecular weight is 246 g/mol. The van der Waals surface area contributed by atoms with Gasteiger partial charge in [0.15, 0.2) is 0 Å². The molecule has 0 aromatic heterocycles. The molecule has 1 aliphatic heterocycles. The molecule has 0 radical (unpaired) electrons. The molecule has 2 N–H and O–H groups in total. The second kappa shape index (κ2) is 6.01. The van der Waals surface area contributed by atoms with Crippen molar-refractivity contribution in [1.82, 2.24) is 10.6 Å². The molecule has 1 heterocycles. The van der Waals surface area contributed by atoms with Crippen LogP contribution in [0.1, 0.15) is 38.3 Å². The maximum Gasteiger partial charge on any atom is 0.237 e. The quantitative estimate of drug-likeness (QED) is 0.859. The van der Waals surface area contributed by atoms with E-state index in [0.29, 0.717) is 5.92 Å². The van der Waals surface area contributed by atoms with E-state index in [-0.39, 0.29) is 18.0 Å². The Labute approximate surface area is 109 Å². The van der Waals surface area contributed by atoms with Crippen LogP contribution in [0, 0.1) is 5.92 Å². The number of hydrogen-bond acceptors (Lipinski definition) is 2. The van der Waals surface area contributed by atoms with E-state index in [0.717, 1.165) is 18.5 Å². The molecule has 2 unspecified atom stereocenters. The number of carbonyl (C=O) groups excluding carboxylic acids is 1. The summed E-state index contributed by atoms with van der Waals surface area (Å²) in [5.41, 5.74) is 1.15. The monoisotopic (exact) mass is 246 g/mol. The lowest BCUT2D eigenvalue weighted by Gasteiger charge is -2.30. The number of nitrogens with one attached hydrogen (secondary N) is 2. The number of hydrogen-bond donors (Lipinski definition) is 2. The highest BCUT2D eigenvalue weighted by atomic mass is 16.2. The van der Waals surface area contributed by atoms with E-state index in [1.807, 2.05) is 37.3 Å². The zero-order chi connectivity index (χ0) is 13.0. The number of piperidine rings is 1. The van der Waals surface area contributed by atoms with Crippen molar-refractivity contribution in [2.75, 3.05) is 6.54 Å². The molecule has 0 aliphatic carbocycles. The van der Waals surface area contributed by atoms with Gasteiger partial charge in [-0.2, -0.15) is 0 Å². The Bertz CT molecular complexity index is 391. The van der Waals surface area contributed by atoms with Crippen LogP contribution in [-0.2, 0) is 4.79 Å². The topological polar surface area (TPSA) is 41.1 Å². The van der Waals surface area contributed by atoms with Gasteiger partial charge in [-0.25, -0.2) is 0 Å². The molecule has 1 aromatic carbocycles. The Kier molecular flexibility index (Phi) is 4.37. The van der Waals surface area contributed by atoms with Gasteiger partial charge in [0.25, 0.3) is 0 Å². The Morgan fingerprint density at radius 2 is 2.11 bits per heavy atom. The predicted octanol–water partition coefficient (Wildman–Crippen LogP) is 2.25. The van der Waals surface area contributed by atoms with Gasteiger partial charge < -0.3 is 10.6 Å². The standard InChI is InChI=1S/C15H22N2O/c1-11-7-6-10-16-14(11)15(18)17-12(2)13-8-4-3-5-9-13/h3-5,8-9,11-12,14,16H,6-7,10H2,1-2H3,(H,17,18)/t11?,12-,14?/m0/s1. The highest BCUT2D eigenvalue weighted by Gasteiger charge is 2.28. The second-order valence-corrected chi connectivity index (χ2v) is 5.19. The number of carbonyl (C=O) groups is 1. The van der Waals surface area contributed by atoms with E-state index >= 15 is 0 Å². The van der Waals surface area contributed by atoms with Gasteiger partial charge in [-0.15, -0.1) is 0 Å². The van der Waals surface area contributed by atoms with Crippen molar-refractivity contribution in [2.24, 2.45) is 5.92 Å². The molecule has 3 atom stereocenters. The molecule has 0 bridgehead atoms. The highest BCUT2D eigenvalue weighted by Crippen LogP contribution is 2.17. The summed E-state index contributed by atoms with van der Waals surface area (Å²) in [5.74, 6) is 0.542. The van der Waals surface area contributed by atoms with Crippen molar-refractivity contribution >= 4 is 5.91 Å². The van der Waals surface area contributed by atoms with Crippen LogP contribution in [-0.4, -0.2) is 18.5 Å². The Hall–Kier alpha value is -1.35. The lowest BCUT2D eigenvalue weighted by molar-refractivity contribution is -0.125. The van der Waals surface area contributed by atoms with Crippen molar-refractivity contribution in [2.45, 2.75) is 38.8 Å². The lowest BCUT2D eigenvalue weighted by Crippen LogP contribution is -2.51. The molecule has 1 saturated heterocycles. The van der Waals surface area contributed by atoms with Crippen molar-refractivity contribution in [3.63, 3.8) is 0 Å². The van der Waals surface area contributed by atoms with Crippen molar-refractivity contribution < 1.29 is 4.79 Å². The van der Waals surface area contributed by atoms with Crippen LogP contribution < -0.4 is 10.6 Å². The molecular weight excluding hydrogens is 224 g/mol. The van der Waals surface area contributed by atoms with Crippen molar-refractivity contribution in [1.29, 1.82) is 0 Å². The third-order valence-electron chi connectivity index (χ3n) is 3.71. The summed E-state index contributed by atoms with van der Waals surface area (Å²) < 4.78 is 0. The summed E-state index contributed by atoms with van der Waals surface area (Å²) in [6.45, 7) is 5.12. The molecule has 0 saturated carbocycles. The number of rotatable bonds is 3. The predicted molar refractivity (Wildman–Crippen MR) is 73.2 cm³/mol. The molecule has 3 nitrogen and oxygen atoms in total. The number of amides is 1. The first kappa shape index (κ1) is 13.1. The molecule has 3 heteroatoms. The molecular formula is C15H22N2O. The van der Waals surface area contributed by atoms with Crippen LogP contribution in [0.3, 0.4) is 0 Å². The molecule has 98 valence electrons. The van der Waals surface area contributed by atoms with Gasteiger partial charge in [0.2, 0.25) is 5.91 Å². The van der Waals surface area contributed by atoms with Gasteiger partial charge in [-0.05, 0) is 37.8 Å². The third kappa shape index (κ3) is 3.10. The highest BCUT2D eigenvalue weighted by molar-refractivity contribution is 5.82. The van der Waals surface area contributed by atoms with E-state index in [1.54, 1.807) is 0 Å². The molecule has 0 spiro atoms. The summed E-state index contributed by atoms with van der Waals surface area (Å²) in [5, 5.41) is 6.41. The van der Waals surface area contributed by atoms with Crippen molar-refractivity contribution in [3.8, 4) is 0 Å². The normalized spacial score (nSPS) is 25.4. The SMILES string of the molecule is CC1CCCNC1C(=O)N[C@@H](C)c1ccccc1. The smallest absolute Gasteiger partial charge is 0.237 e. The maximum absolute atomic E-state index is 12.2. The largest absolute Gasteiger partial charge is 0.348 e. The summed E-state index contributed by atoms with van der Waals surface area (Å²) in [6.07, 6.45) is 2.30. The first-order valence-corrected chi connectivity index (χ1v) is 6.77. The molecule has 1 aliphatic rings. The van der Waals surface area contributed by atoms with Gasteiger partial charge in [0, 0.05) is 0 Å². The fourth-order valence-corrected chi connectivity index (χ4v) is 2.53. The summed E-state index contributed by atoms with van der Waals surface area (Å²) in [4.78, 5) is 12.2. The van der Waals surface area contributed by atoms with E-state index in [1.165, 1.54) is 6.42 Å². The molecule has 1 amide bonds. The first-order valence-electron chi connectivity index (χ1n) is 6.77. The lowest BCUT2D eigenvalue weighted by atomic mass is 9.92. The average Bonchev–Trinajstić information content (AvgIpc) is 2.40. The van der Waals surface area contributed by atoms with Gasteiger partial charge in [-0.1, -0.05) is 37.3 Å². The van der Waals surface area contributed by atoms with E-state index < -0.39 is 0 Å².